The molecule has 1 unspecified atom stereocenters. The molecule has 0 aromatic heterocycles. The molecule has 20 heavy (non-hydrogen) atoms. The van der Waals surface area contributed by atoms with Crippen molar-refractivity contribution in [3.05, 3.63) is 35.4 Å². The zero-order chi connectivity index (χ0) is 14.5. The number of benzene rings is 1. The maximum atomic E-state index is 11.4. The topological polar surface area (TPSA) is 61.4 Å². The molecule has 0 spiro atoms. The number of nitrogens with zero attached hydrogens (tertiary/aromatic N) is 1. The summed E-state index contributed by atoms with van der Waals surface area (Å²) in [5.74, 6) is 0.148. The van der Waals surface area contributed by atoms with Gasteiger partial charge in [0.05, 0.1) is 0 Å². The van der Waals surface area contributed by atoms with Gasteiger partial charge in [-0.2, -0.15) is 0 Å². The van der Waals surface area contributed by atoms with E-state index in [1.165, 1.54) is 0 Å². The van der Waals surface area contributed by atoms with Gasteiger partial charge in [-0.05, 0) is 24.1 Å². The molecule has 1 aromatic rings. The molecule has 5 heteroatoms. The van der Waals surface area contributed by atoms with Crippen molar-refractivity contribution in [3.8, 4) is 0 Å². The van der Waals surface area contributed by atoms with Gasteiger partial charge in [-0.3, -0.25) is 9.59 Å². The van der Waals surface area contributed by atoms with Gasteiger partial charge in [-0.1, -0.05) is 12.1 Å². The van der Waals surface area contributed by atoms with Gasteiger partial charge in [0, 0.05) is 45.2 Å². The Labute approximate surface area is 119 Å². The third-order valence-corrected chi connectivity index (χ3v) is 3.66. The van der Waals surface area contributed by atoms with Gasteiger partial charge in [-0.25, -0.2) is 0 Å². The van der Waals surface area contributed by atoms with Crippen LogP contribution in [0, 0.1) is 0 Å². The summed E-state index contributed by atoms with van der Waals surface area (Å²) in [6.07, 6.45) is 1.50. The standard InChI is InChI=1S/C15H21N3O2/c1-16-15(20)12-5-3-11(4-6-12)9-17-13-7-8-14(19)18(2)10-13/h3-6,13,17H,7-10H2,1-2H3,(H,16,20). The highest BCUT2D eigenvalue weighted by Crippen LogP contribution is 2.11. The number of carbonyl (C=O) groups is 2. The summed E-state index contributed by atoms with van der Waals surface area (Å²) in [6, 6.07) is 7.90. The van der Waals surface area contributed by atoms with Crippen molar-refractivity contribution in [3.63, 3.8) is 0 Å². The van der Waals surface area contributed by atoms with E-state index in [2.05, 4.69) is 10.6 Å². The molecule has 108 valence electrons. The molecule has 0 aliphatic carbocycles. The van der Waals surface area contributed by atoms with E-state index in [-0.39, 0.29) is 11.8 Å². The molecule has 1 atom stereocenters. The summed E-state index contributed by atoms with van der Waals surface area (Å²) >= 11 is 0. The first-order valence-electron chi connectivity index (χ1n) is 6.88. The van der Waals surface area contributed by atoms with Crippen LogP contribution in [0.1, 0.15) is 28.8 Å². The van der Waals surface area contributed by atoms with Gasteiger partial charge < -0.3 is 15.5 Å². The van der Waals surface area contributed by atoms with Crippen LogP contribution in [0.15, 0.2) is 24.3 Å². The molecule has 2 amide bonds. The van der Waals surface area contributed by atoms with Crippen LogP contribution in [-0.4, -0.2) is 43.4 Å². The van der Waals surface area contributed by atoms with Crippen molar-refractivity contribution in [2.75, 3.05) is 20.6 Å². The fourth-order valence-corrected chi connectivity index (χ4v) is 2.36. The minimum atomic E-state index is -0.0723. The van der Waals surface area contributed by atoms with Gasteiger partial charge in [0.2, 0.25) is 5.91 Å². The van der Waals surface area contributed by atoms with Crippen molar-refractivity contribution >= 4 is 11.8 Å². The Bertz CT molecular complexity index is 484. The minimum Gasteiger partial charge on any atom is -0.355 e. The third-order valence-electron chi connectivity index (χ3n) is 3.66. The Morgan fingerprint density at radius 2 is 2.05 bits per heavy atom. The fraction of sp³-hybridized carbons (Fsp3) is 0.467. The van der Waals surface area contributed by atoms with E-state index in [9.17, 15) is 9.59 Å². The molecule has 1 saturated heterocycles. The predicted molar refractivity (Wildman–Crippen MR) is 77.3 cm³/mol. The van der Waals surface area contributed by atoms with Crippen LogP contribution >= 0.6 is 0 Å². The summed E-state index contributed by atoms with van der Waals surface area (Å²) in [6.45, 7) is 1.51. The Hall–Kier alpha value is -1.88. The molecule has 0 saturated carbocycles. The Morgan fingerprint density at radius 3 is 2.65 bits per heavy atom. The number of nitrogens with one attached hydrogen (secondary N) is 2. The van der Waals surface area contributed by atoms with E-state index in [1.54, 1.807) is 11.9 Å². The highest BCUT2D eigenvalue weighted by atomic mass is 16.2. The van der Waals surface area contributed by atoms with Crippen molar-refractivity contribution in [1.82, 2.24) is 15.5 Å². The first-order chi connectivity index (χ1) is 9.60. The van der Waals surface area contributed by atoms with Crippen LogP contribution in [0.4, 0.5) is 0 Å². The molecule has 2 rings (SSSR count). The number of likely N-dealkylation sites (N-methyl/N-ethyl adjacent to an activating group) is 1. The maximum absolute atomic E-state index is 11.4. The van der Waals surface area contributed by atoms with Crippen molar-refractivity contribution in [2.45, 2.75) is 25.4 Å². The Kier molecular flexibility index (Phi) is 4.74. The SMILES string of the molecule is CNC(=O)c1ccc(CNC2CCC(=O)N(C)C2)cc1. The highest BCUT2D eigenvalue weighted by Gasteiger charge is 2.22. The number of likely N-dealkylation sites (tertiary alicyclic amines) is 1. The lowest BCUT2D eigenvalue weighted by molar-refractivity contribution is -0.132. The second-order valence-corrected chi connectivity index (χ2v) is 5.17. The lowest BCUT2D eigenvalue weighted by Gasteiger charge is -2.30. The molecule has 1 aromatic carbocycles. The molecule has 0 bridgehead atoms. The monoisotopic (exact) mass is 275 g/mol. The van der Waals surface area contributed by atoms with Gasteiger partial charge in [0.25, 0.3) is 5.91 Å². The predicted octanol–water partition coefficient (Wildman–Crippen LogP) is 0.757. The average molecular weight is 275 g/mol. The number of carbonyl (C=O) groups excluding carboxylic acids is 2. The molecule has 2 N–H and O–H groups in total. The lowest BCUT2D eigenvalue weighted by Crippen LogP contribution is -2.46. The number of amides is 2. The Morgan fingerprint density at radius 1 is 1.35 bits per heavy atom. The molecular formula is C15H21N3O2. The van der Waals surface area contributed by atoms with Crippen LogP contribution in [0.25, 0.3) is 0 Å². The lowest BCUT2D eigenvalue weighted by atomic mass is 10.0. The van der Waals surface area contributed by atoms with Crippen LogP contribution in [0.2, 0.25) is 0 Å². The second-order valence-electron chi connectivity index (χ2n) is 5.17. The van der Waals surface area contributed by atoms with Crippen molar-refractivity contribution in [1.29, 1.82) is 0 Å². The van der Waals surface area contributed by atoms with Crippen LogP contribution in [0.5, 0.6) is 0 Å². The summed E-state index contributed by atoms with van der Waals surface area (Å²) in [7, 11) is 3.47. The zero-order valence-corrected chi connectivity index (χ0v) is 12.0. The first kappa shape index (κ1) is 14.5. The number of hydrogen-bond donors (Lipinski definition) is 2. The zero-order valence-electron chi connectivity index (χ0n) is 12.0. The van der Waals surface area contributed by atoms with Crippen LogP contribution < -0.4 is 10.6 Å². The number of rotatable bonds is 4. The molecule has 1 fully saturated rings. The van der Waals surface area contributed by atoms with E-state index in [4.69, 9.17) is 0 Å². The average Bonchev–Trinajstić information content (AvgIpc) is 2.48. The molecule has 1 aliphatic rings. The van der Waals surface area contributed by atoms with Crippen molar-refractivity contribution in [2.24, 2.45) is 0 Å². The number of hydrogen-bond acceptors (Lipinski definition) is 3. The van der Waals surface area contributed by atoms with Crippen LogP contribution in [-0.2, 0) is 11.3 Å². The molecule has 5 nitrogen and oxygen atoms in total. The molecular weight excluding hydrogens is 254 g/mol. The van der Waals surface area contributed by atoms with E-state index >= 15 is 0 Å². The summed E-state index contributed by atoms with van der Waals surface area (Å²) in [4.78, 5) is 24.6. The summed E-state index contributed by atoms with van der Waals surface area (Å²) < 4.78 is 0. The van der Waals surface area contributed by atoms with E-state index < -0.39 is 0 Å². The third kappa shape index (κ3) is 3.57. The molecule has 1 aliphatic heterocycles. The summed E-state index contributed by atoms with van der Waals surface area (Å²) in [5, 5.41) is 6.06. The normalized spacial score (nSPS) is 19.0. The summed E-state index contributed by atoms with van der Waals surface area (Å²) in [5.41, 5.74) is 1.80. The fourth-order valence-electron chi connectivity index (χ4n) is 2.36. The van der Waals surface area contributed by atoms with Gasteiger partial charge >= 0.3 is 0 Å². The van der Waals surface area contributed by atoms with Crippen molar-refractivity contribution < 1.29 is 9.59 Å². The quantitative estimate of drug-likeness (QED) is 0.852. The Balaban J connectivity index is 1.85. The van der Waals surface area contributed by atoms with E-state index in [0.29, 0.717) is 18.0 Å². The van der Waals surface area contributed by atoms with E-state index in [1.807, 2.05) is 31.3 Å². The van der Waals surface area contributed by atoms with E-state index in [0.717, 1.165) is 25.1 Å². The van der Waals surface area contributed by atoms with Gasteiger partial charge in [-0.15, -0.1) is 0 Å². The van der Waals surface area contributed by atoms with Gasteiger partial charge in [0.1, 0.15) is 0 Å². The molecule has 0 radical (unpaired) electrons. The van der Waals surface area contributed by atoms with Crippen LogP contribution in [0.3, 0.4) is 0 Å². The highest BCUT2D eigenvalue weighted by molar-refractivity contribution is 5.93. The van der Waals surface area contributed by atoms with Gasteiger partial charge in [0.15, 0.2) is 0 Å². The smallest absolute Gasteiger partial charge is 0.251 e. The molecule has 1 heterocycles. The minimum absolute atomic E-state index is 0.0723. The largest absolute Gasteiger partial charge is 0.355 e. The number of piperidine rings is 1. The second kappa shape index (κ2) is 6.52. The maximum Gasteiger partial charge on any atom is 0.251 e. The first-order valence-corrected chi connectivity index (χ1v) is 6.88.